The van der Waals surface area contributed by atoms with Gasteiger partial charge >= 0.3 is 0 Å². The maximum Gasteiger partial charge on any atom is 0.0486 e. The van der Waals surface area contributed by atoms with Gasteiger partial charge in [0.25, 0.3) is 0 Å². The van der Waals surface area contributed by atoms with Crippen molar-refractivity contribution in [2.45, 2.75) is 17.9 Å². The molecule has 0 amide bonds. The van der Waals surface area contributed by atoms with Gasteiger partial charge in [-0.15, -0.1) is 0 Å². The first-order chi connectivity index (χ1) is 8.20. The predicted molar refractivity (Wildman–Crippen MR) is 71.1 cm³/mol. The molecule has 1 nitrogen and oxygen atoms in total. The van der Waals surface area contributed by atoms with Crippen molar-refractivity contribution >= 4 is 11.6 Å². The molecular formula is C15H14ClN. The molecule has 1 aliphatic carbocycles. The number of nitrogens with two attached hydrogens (primary N) is 1. The van der Waals surface area contributed by atoms with Crippen LogP contribution in [0.2, 0.25) is 5.02 Å². The van der Waals surface area contributed by atoms with Crippen LogP contribution in [0.5, 0.6) is 0 Å². The van der Waals surface area contributed by atoms with E-state index in [4.69, 9.17) is 17.3 Å². The van der Waals surface area contributed by atoms with Gasteiger partial charge in [-0.3, -0.25) is 0 Å². The topological polar surface area (TPSA) is 26.0 Å². The molecule has 2 N–H and O–H groups in total. The molecule has 0 saturated heterocycles. The number of rotatable bonds is 2. The summed E-state index contributed by atoms with van der Waals surface area (Å²) in [6.07, 6.45) is 1.01. The molecule has 0 heterocycles. The second-order valence-electron chi connectivity index (χ2n) is 4.71. The summed E-state index contributed by atoms with van der Waals surface area (Å²) < 4.78 is 0. The first kappa shape index (κ1) is 10.8. The summed E-state index contributed by atoms with van der Waals surface area (Å²) in [6, 6.07) is 18.3. The van der Waals surface area contributed by atoms with E-state index in [0.29, 0.717) is 5.92 Å². The Hall–Kier alpha value is -1.31. The van der Waals surface area contributed by atoms with Gasteiger partial charge < -0.3 is 5.73 Å². The standard InChI is InChI=1S/C15H14ClN/c16-13-8-6-11(7-9-13)14-10-15(14,17)12-4-2-1-3-5-12/h1-9,14H,10,17H2. The molecule has 3 rings (SSSR count). The van der Waals surface area contributed by atoms with Crippen LogP contribution in [-0.2, 0) is 5.54 Å². The van der Waals surface area contributed by atoms with Crippen molar-refractivity contribution in [1.29, 1.82) is 0 Å². The Morgan fingerprint density at radius 1 is 1.00 bits per heavy atom. The average molecular weight is 244 g/mol. The summed E-state index contributed by atoms with van der Waals surface area (Å²) in [5, 5.41) is 0.775. The lowest BCUT2D eigenvalue weighted by molar-refractivity contribution is 0.706. The summed E-state index contributed by atoms with van der Waals surface area (Å²) in [5.74, 6) is 0.419. The summed E-state index contributed by atoms with van der Waals surface area (Å²) in [6.45, 7) is 0. The molecule has 86 valence electrons. The van der Waals surface area contributed by atoms with E-state index in [0.717, 1.165) is 11.4 Å². The lowest BCUT2D eigenvalue weighted by Crippen LogP contribution is -2.21. The molecule has 0 spiro atoms. The van der Waals surface area contributed by atoms with Gasteiger partial charge in [0, 0.05) is 16.5 Å². The van der Waals surface area contributed by atoms with Crippen LogP contribution in [-0.4, -0.2) is 0 Å². The molecule has 2 aromatic carbocycles. The van der Waals surface area contributed by atoms with Crippen LogP contribution < -0.4 is 5.73 Å². The summed E-state index contributed by atoms with van der Waals surface area (Å²) in [7, 11) is 0. The first-order valence-electron chi connectivity index (χ1n) is 5.80. The normalized spacial score (nSPS) is 26.8. The van der Waals surface area contributed by atoms with Crippen molar-refractivity contribution in [2.75, 3.05) is 0 Å². The molecule has 2 heteroatoms. The van der Waals surface area contributed by atoms with Crippen molar-refractivity contribution in [2.24, 2.45) is 5.73 Å². The maximum absolute atomic E-state index is 6.45. The van der Waals surface area contributed by atoms with E-state index in [2.05, 4.69) is 24.3 Å². The Morgan fingerprint density at radius 2 is 1.65 bits per heavy atom. The molecule has 17 heavy (non-hydrogen) atoms. The summed E-state index contributed by atoms with van der Waals surface area (Å²) in [4.78, 5) is 0. The van der Waals surface area contributed by atoms with Gasteiger partial charge in [-0.2, -0.15) is 0 Å². The molecule has 2 unspecified atom stereocenters. The van der Waals surface area contributed by atoms with Gasteiger partial charge in [0.1, 0.15) is 0 Å². The molecule has 0 radical (unpaired) electrons. The fourth-order valence-electron chi connectivity index (χ4n) is 2.46. The van der Waals surface area contributed by atoms with Crippen molar-refractivity contribution in [3.8, 4) is 0 Å². The Labute approximate surface area is 106 Å². The predicted octanol–water partition coefficient (Wildman–Crippen LogP) is 3.68. The van der Waals surface area contributed by atoms with Crippen LogP contribution in [0.1, 0.15) is 23.5 Å². The third-order valence-electron chi connectivity index (χ3n) is 3.59. The molecule has 0 bridgehead atoms. The highest BCUT2D eigenvalue weighted by Crippen LogP contribution is 2.56. The van der Waals surface area contributed by atoms with Crippen LogP contribution in [0.15, 0.2) is 54.6 Å². The number of hydrogen-bond donors (Lipinski definition) is 1. The van der Waals surface area contributed by atoms with Crippen molar-refractivity contribution in [1.82, 2.24) is 0 Å². The highest BCUT2D eigenvalue weighted by Gasteiger charge is 2.52. The quantitative estimate of drug-likeness (QED) is 0.856. The van der Waals surface area contributed by atoms with Crippen LogP contribution in [0.25, 0.3) is 0 Å². The van der Waals surface area contributed by atoms with Crippen molar-refractivity contribution < 1.29 is 0 Å². The van der Waals surface area contributed by atoms with Gasteiger partial charge in [-0.05, 0) is 29.7 Å². The fourth-order valence-corrected chi connectivity index (χ4v) is 2.58. The van der Waals surface area contributed by atoms with Gasteiger partial charge in [-0.25, -0.2) is 0 Å². The molecule has 1 aliphatic rings. The third-order valence-corrected chi connectivity index (χ3v) is 3.84. The van der Waals surface area contributed by atoms with Crippen LogP contribution >= 0.6 is 11.6 Å². The van der Waals surface area contributed by atoms with E-state index in [9.17, 15) is 0 Å². The summed E-state index contributed by atoms with van der Waals surface area (Å²) in [5.41, 5.74) is 8.76. The van der Waals surface area contributed by atoms with Gasteiger partial charge in [0.15, 0.2) is 0 Å². The van der Waals surface area contributed by atoms with Crippen molar-refractivity contribution in [3.05, 3.63) is 70.7 Å². The molecular weight excluding hydrogens is 230 g/mol. The minimum atomic E-state index is -0.185. The van der Waals surface area contributed by atoms with Crippen molar-refractivity contribution in [3.63, 3.8) is 0 Å². The number of benzene rings is 2. The van der Waals surface area contributed by atoms with Crippen LogP contribution in [0, 0.1) is 0 Å². The molecule has 2 aromatic rings. The zero-order chi connectivity index (χ0) is 11.9. The zero-order valence-corrected chi connectivity index (χ0v) is 10.2. The third kappa shape index (κ3) is 1.86. The van der Waals surface area contributed by atoms with E-state index in [1.165, 1.54) is 11.1 Å². The van der Waals surface area contributed by atoms with E-state index in [1.807, 2.05) is 30.3 Å². The average Bonchev–Trinajstić information content (AvgIpc) is 3.05. The minimum absolute atomic E-state index is 0.185. The monoisotopic (exact) mass is 243 g/mol. The second kappa shape index (κ2) is 3.86. The van der Waals surface area contributed by atoms with Gasteiger partial charge in [-0.1, -0.05) is 54.1 Å². The number of hydrogen-bond acceptors (Lipinski definition) is 1. The SMILES string of the molecule is NC1(c2ccccc2)CC1c1ccc(Cl)cc1. The second-order valence-corrected chi connectivity index (χ2v) is 5.15. The van der Waals surface area contributed by atoms with E-state index in [-0.39, 0.29) is 5.54 Å². The Balaban J connectivity index is 1.88. The Bertz CT molecular complexity index is 520. The van der Waals surface area contributed by atoms with Crippen LogP contribution in [0.4, 0.5) is 0 Å². The Kier molecular flexibility index (Phi) is 2.46. The first-order valence-corrected chi connectivity index (χ1v) is 6.18. The molecule has 0 aromatic heterocycles. The van der Waals surface area contributed by atoms with E-state index < -0.39 is 0 Å². The van der Waals surface area contributed by atoms with E-state index >= 15 is 0 Å². The molecule has 1 fully saturated rings. The fraction of sp³-hybridized carbons (Fsp3) is 0.200. The summed E-state index contributed by atoms with van der Waals surface area (Å²) >= 11 is 5.89. The zero-order valence-electron chi connectivity index (χ0n) is 9.44. The van der Waals surface area contributed by atoms with E-state index in [1.54, 1.807) is 0 Å². The van der Waals surface area contributed by atoms with Gasteiger partial charge in [0.05, 0.1) is 0 Å². The molecule has 2 atom stereocenters. The maximum atomic E-state index is 6.45. The minimum Gasteiger partial charge on any atom is -0.321 e. The van der Waals surface area contributed by atoms with Crippen LogP contribution in [0.3, 0.4) is 0 Å². The largest absolute Gasteiger partial charge is 0.321 e. The molecule has 0 aliphatic heterocycles. The highest BCUT2D eigenvalue weighted by atomic mass is 35.5. The Morgan fingerprint density at radius 3 is 2.29 bits per heavy atom. The van der Waals surface area contributed by atoms with Gasteiger partial charge in [0.2, 0.25) is 0 Å². The highest BCUT2D eigenvalue weighted by molar-refractivity contribution is 6.30. The number of halogens is 1. The smallest absolute Gasteiger partial charge is 0.0486 e. The lowest BCUT2D eigenvalue weighted by Gasteiger charge is -2.12. The lowest BCUT2D eigenvalue weighted by atomic mass is 10.00. The molecule has 1 saturated carbocycles.